The van der Waals surface area contributed by atoms with E-state index in [0.29, 0.717) is 11.5 Å². The molecule has 1 aromatic rings. The van der Waals surface area contributed by atoms with Gasteiger partial charge in [-0.15, -0.1) is 0 Å². The van der Waals surface area contributed by atoms with Gasteiger partial charge in [-0.05, 0) is 57.7 Å². The third kappa shape index (κ3) is 4.31. The minimum atomic E-state index is -3.81. The molecule has 3 rings (SSSR count). The monoisotopic (exact) mass is 414 g/mol. The minimum absolute atomic E-state index is 0.0243. The number of hydrogen-bond donors (Lipinski definition) is 0. The summed E-state index contributed by atoms with van der Waals surface area (Å²) in [6, 6.07) is 4.62. The number of benzene rings is 1. The predicted molar refractivity (Wildman–Crippen MR) is 104 cm³/mol. The molecule has 2 aliphatic rings. The summed E-state index contributed by atoms with van der Waals surface area (Å²) in [5.74, 6) is 0.344. The summed E-state index contributed by atoms with van der Waals surface area (Å²) in [7, 11) is -2.05. The van der Waals surface area contributed by atoms with Crippen molar-refractivity contribution in [2.24, 2.45) is 5.92 Å². The molecule has 0 aromatic heterocycles. The first-order valence-corrected chi connectivity index (χ1v) is 11.2. The van der Waals surface area contributed by atoms with E-state index in [1.54, 1.807) is 18.0 Å². The Labute approximate surface area is 166 Å². The molecular weight excluding hydrogens is 388 g/mol. The fraction of sp³-hybridized carbons (Fsp3) is 0.632. The van der Waals surface area contributed by atoms with Crippen LogP contribution in [0.2, 0.25) is 5.02 Å². The van der Waals surface area contributed by atoms with Crippen LogP contribution in [0, 0.1) is 5.92 Å². The summed E-state index contributed by atoms with van der Waals surface area (Å²) in [6.07, 6.45) is 1.87. The number of carbonyl (C=O) groups excluding carboxylic acids is 1. The van der Waals surface area contributed by atoms with Gasteiger partial charge in [0, 0.05) is 31.7 Å². The summed E-state index contributed by atoms with van der Waals surface area (Å²) in [4.78, 5) is 14.5. The molecular formula is C19H27ClN2O4S. The van der Waals surface area contributed by atoms with Crippen LogP contribution < -0.4 is 0 Å². The molecule has 1 saturated heterocycles. The molecule has 2 fully saturated rings. The number of amides is 1. The maximum Gasteiger partial charge on any atom is 0.253 e. The van der Waals surface area contributed by atoms with Crippen LogP contribution in [0.5, 0.6) is 0 Å². The molecule has 1 amide bonds. The second kappa shape index (κ2) is 7.70. The Morgan fingerprint density at radius 3 is 2.41 bits per heavy atom. The van der Waals surface area contributed by atoms with Gasteiger partial charge in [0.2, 0.25) is 10.0 Å². The zero-order chi connectivity index (χ0) is 19.9. The highest BCUT2D eigenvalue weighted by Crippen LogP contribution is 2.35. The maximum atomic E-state index is 13.2. The summed E-state index contributed by atoms with van der Waals surface area (Å²) in [6.45, 7) is 6.24. The van der Waals surface area contributed by atoms with E-state index in [0.717, 1.165) is 12.8 Å². The van der Waals surface area contributed by atoms with Crippen molar-refractivity contribution in [1.82, 2.24) is 9.21 Å². The molecule has 27 heavy (non-hydrogen) atoms. The number of hydrogen-bond acceptors (Lipinski definition) is 4. The SMILES string of the molecule is CC1CN(S(=O)(=O)c2cc(C(=O)N(C)C(C)C3CC3)ccc2Cl)CC(C)O1. The van der Waals surface area contributed by atoms with E-state index in [1.807, 2.05) is 20.8 Å². The fourth-order valence-electron chi connectivity index (χ4n) is 3.58. The van der Waals surface area contributed by atoms with Gasteiger partial charge in [-0.25, -0.2) is 8.42 Å². The summed E-state index contributed by atoms with van der Waals surface area (Å²) < 4.78 is 33.3. The van der Waals surface area contributed by atoms with Gasteiger partial charge in [-0.2, -0.15) is 4.31 Å². The van der Waals surface area contributed by atoms with E-state index in [-0.39, 0.29) is 47.2 Å². The molecule has 150 valence electrons. The Balaban J connectivity index is 1.89. The average Bonchev–Trinajstić information content (AvgIpc) is 3.44. The Hall–Kier alpha value is -1.15. The number of sulfonamides is 1. The molecule has 1 aliphatic heterocycles. The van der Waals surface area contributed by atoms with Crippen molar-refractivity contribution in [2.45, 2.75) is 56.8 Å². The summed E-state index contributed by atoms with van der Waals surface area (Å²) >= 11 is 6.22. The van der Waals surface area contributed by atoms with E-state index >= 15 is 0 Å². The third-order valence-electron chi connectivity index (χ3n) is 5.42. The normalized spacial score (nSPS) is 25.2. The van der Waals surface area contributed by atoms with Crippen LogP contribution in [-0.4, -0.2) is 61.9 Å². The predicted octanol–water partition coefficient (Wildman–Crippen LogP) is 3.01. The minimum Gasteiger partial charge on any atom is -0.373 e. The van der Waals surface area contributed by atoms with Crippen LogP contribution in [0.4, 0.5) is 0 Å². The topological polar surface area (TPSA) is 66.9 Å². The quantitative estimate of drug-likeness (QED) is 0.742. The summed E-state index contributed by atoms with van der Waals surface area (Å²) in [5, 5.41) is 0.122. The highest BCUT2D eigenvalue weighted by Gasteiger charge is 2.35. The van der Waals surface area contributed by atoms with Crippen molar-refractivity contribution < 1.29 is 17.9 Å². The fourth-order valence-corrected chi connectivity index (χ4v) is 5.67. The molecule has 8 heteroatoms. The van der Waals surface area contributed by atoms with Crippen LogP contribution in [0.1, 0.15) is 44.0 Å². The van der Waals surface area contributed by atoms with Crippen LogP contribution in [0.25, 0.3) is 0 Å². The van der Waals surface area contributed by atoms with Gasteiger partial charge in [0.15, 0.2) is 0 Å². The van der Waals surface area contributed by atoms with Gasteiger partial charge in [-0.1, -0.05) is 11.6 Å². The molecule has 3 unspecified atom stereocenters. The standard InChI is InChI=1S/C19H27ClN2O4S/c1-12-10-22(11-13(2)26-12)27(24,25)18-9-16(7-8-17(18)20)19(23)21(4)14(3)15-5-6-15/h7-9,12-15H,5-6,10-11H2,1-4H3. The van der Waals surface area contributed by atoms with Crippen molar-refractivity contribution >= 4 is 27.5 Å². The first kappa shape index (κ1) is 20.6. The molecule has 1 heterocycles. The molecule has 3 atom stereocenters. The van der Waals surface area contributed by atoms with Crippen LogP contribution in [0.15, 0.2) is 23.1 Å². The van der Waals surface area contributed by atoms with Gasteiger partial charge in [-0.3, -0.25) is 4.79 Å². The zero-order valence-electron chi connectivity index (χ0n) is 16.2. The first-order chi connectivity index (χ1) is 12.6. The van der Waals surface area contributed by atoms with Gasteiger partial charge >= 0.3 is 0 Å². The van der Waals surface area contributed by atoms with Crippen LogP contribution in [-0.2, 0) is 14.8 Å². The van der Waals surface area contributed by atoms with Crippen molar-refractivity contribution in [3.63, 3.8) is 0 Å². The zero-order valence-corrected chi connectivity index (χ0v) is 17.8. The number of carbonyl (C=O) groups is 1. The number of morpholine rings is 1. The second-order valence-corrected chi connectivity index (χ2v) is 10.0. The Bertz CT molecular complexity index is 815. The Morgan fingerprint density at radius 2 is 1.85 bits per heavy atom. The highest BCUT2D eigenvalue weighted by molar-refractivity contribution is 7.89. The van der Waals surface area contributed by atoms with E-state index in [1.165, 1.54) is 16.4 Å². The van der Waals surface area contributed by atoms with Gasteiger partial charge in [0.1, 0.15) is 4.90 Å². The lowest BCUT2D eigenvalue weighted by Crippen LogP contribution is -2.48. The first-order valence-electron chi connectivity index (χ1n) is 9.33. The molecule has 1 saturated carbocycles. The van der Waals surface area contributed by atoms with Crippen LogP contribution in [0.3, 0.4) is 0 Å². The average molecular weight is 415 g/mol. The highest BCUT2D eigenvalue weighted by atomic mass is 35.5. The lowest BCUT2D eigenvalue weighted by Gasteiger charge is -2.34. The lowest BCUT2D eigenvalue weighted by molar-refractivity contribution is -0.0440. The van der Waals surface area contributed by atoms with Crippen molar-refractivity contribution in [2.75, 3.05) is 20.1 Å². The molecule has 0 N–H and O–H groups in total. The van der Waals surface area contributed by atoms with Crippen molar-refractivity contribution in [3.8, 4) is 0 Å². The molecule has 0 bridgehead atoms. The molecule has 1 aromatic carbocycles. The van der Waals surface area contributed by atoms with Crippen molar-refractivity contribution in [1.29, 1.82) is 0 Å². The molecule has 0 radical (unpaired) electrons. The van der Waals surface area contributed by atoms with Crippen molar-refractivity contribution in [3.05, 3.63) is 28.8 Å². The Morgan fingerprint density at radius 1 is 1.26 bits per heavy atom. The Kier molecular flexibility index (Phi) is 5.87. The third-order valence-corrected chi connectivity index (χ3v) is 7.73. The smallest absolute Gasteiger partial charge is 0.253 e. The van der Waals surface area contributed by atoms with E-state index in [9.17, 15) is 13.2 Å². The molecule has 6 nitrogen and oxygen atoms in total. The molecule has 0 spiro atoms. The van der Waals surface area contributed by atoms with Gasteiger partial charge in [0.05, 0.1) is 17.2 Å². The van der Waals surface area contributed by atoms with Gasteiger partial charge in [0.25, 0.3) is 5.91 Å². The maximum absolute atomic E-state index is 13.2. The van der Waals surface area contributed by atoms with E-state index < -0.39 is 10.0 Å². The number of ether oxygens (including phenoxy) is 1. The number of rotatable bonds is 5. The number of halogens is 1. The largest absolute Gasteiger partial charge is 0.373 e. The van der Waals surface area contributed by atoms with E-state index in [4.69, 9.17) is 16.3 Å². The molecule has 1 aliphatic carbocycles. The number of nitrogens with zero attached hydrogens (tertiary/aromatic N) is 2. The van der Waals surface area contributed by atoms with E-state index in [2.05, 4.69) is 0 Å². The summed E-state index contributed by atoms with van der Waals surface area (Å²) in [5.41, 5.74) is 0.335. The van der Waals surface area contributed by atoms with Gasteiger partial charge < -0.3 is 9.64 Å². The van der Waals surface area contributed by atoms with Crippen LogP contribution >= 0.6 is 11.6 Å². The second-order valence-electron chi connectivity index (χ2n) is 7.72. The lowest BCUT2D eigenvalue weighted by atomic mass is 10.1.